The maximum absolute atomic E-state index is 14.0. The van der Waals surface area contributed by atoms with Crippen molar-refractivity contribution in [1.29, 1.82) is 0 Å². The molecule has 1 aliphatic carbocycles. The number of nitrogens with one attached hydrogen (secondary N) is 1. The number of carbonyl (C=O) groups is 2. The summed E-state index contributed by atoms with van der Waals surface area (Å²) >= 11 is 1.35. The van der Waals surface area contributed by atoms with Gasteiger partial charge in [0.15, 0.2) is 0 Å². The van der Waals surface area contributed by atoms with Crippen molar-refractivity contribution < 1.29 is 18.7 Å². The van der Waals surface area contributed by atoms with Crippen molar-refractivity contribution in [3.05, 3.63) is 46.2 Å². The van der Waals surface area contributed by atoms with Gasteiger partial charge in [-0.15, -0.1) is 11.3 Å². The summed E-state index contributed by atoms with van der Waals surface area (Å²) < 4.78 is 19.1. The SMILES string of the molecule is COCCN(Cc1nc(C(=O)N2CC3(C)CC2CC(C)(C)C3)cs1)C(=O)Nc1ccccc1F. The minimum atomic E-state index is -0.502. The Labute approximate surface area is 204 Å². The van der Waals surface area contributed by atoms with Gasteiger partial charge in [0, 0.05) is 31.6 Å². The standard InChI is InChI=1S/C25H33FN4O3S/c1-24(2)11-17-12-25(3,15-24)16-30(17)22(31)20-14-34-21(27-20)13-29(9-10-33-4)23(32)28-19-8-6-5-7-18(19)26/h5-8,14,17H,9-13,15-16H2,1-4H3,(H,28,32). The number of benzene rings is 1. The minimum Gasteiger partial charge on any atom is -0.383 e. The first-order valence-electron chi connectivity index (χ1n) is 11.6. The van der Waals surface area contributed by atoms with E-state index in [9.17, 15) is 14.0 Å². The first kappa shape index (κ1) is 24.6. The van der Waals surface area contributed by atoms with Crippen LogP contribution in [0.2, 0.25) is 0 Å². The second-order valence-electron chi connectivity index (χ2n) is 10.6. The molecule has 2 atom stereocenters. The molecule has 3 amide bonds. The zero-order chi connectivity index (χ0) is 24.5. The minimum absolute atomic E-state index is 0.0341. The topological polar surface area (TPSA) is 74.8 Å². The lowest BCUT2D eigenvalue weighted by Crippen LogP contribution is -2.38. The molecular weight excluding hydrogens is 455 g/mol. The molecule has 0 radical (unpaired) electrons. The van der Waals surface area contributed by atoms with Gasteiger partial charge in [-0.25, -0.2) is 14.2 Å². The molecule has 1 aromatic carbocycles. The number of thiazole rings is 1. The summed E-state index contributed by atoms with van der Waals surface area (Å²) in [4.78, 5) is 34.3. The third kappa shape index (κ3) is 5.41. The molecule has 2 aliphatic rings. The number of amides is 3. The zero-order valence-electron chi connectivity index (χ0n) is 20.3. The van der Waals surface area contributed by atoms with Crippen LogP contribution in [0.25, 0.3) is 0 Å². The highest BCUT2D eigenvalue weighted by Gasteiger charge is 2.51. The summed E-state index contributed by atoms with van der Waals surface area (Å²) in [5, 5.41) is 5.03. The molecule has 2 fully saturated rings. The van der Waals surface area contributed by atoms with Crippen LogP contribution in [0.3, 0.4) is 0 Å². The molecule has 1 N–H and O–H groups in total. The van der Waals surface area contributed by atoms with Gasteiger partial charge in [-0.05, 0) is 42.2 Å². The van der Waals surface area contributed by atoms with Crippen molar-refractivity contribution in [2.45, 2.75) is 52.6 Å². The number of rotatable bonds is 7. The molecule has 2 heterocycles. The van der Waals surface area contributed by atoms with E-state index in [0.717, 1.165) is 25.8 Å². The fraction of sp³-hybridized carbons (Fsp3) is 0.560. The van der Waals surface area contributed by atoms with Crippen LogP contribution in [0, 0.1) is 16.6 Å². The van der Waals surface area contributed by atoms with E-state index in [2.05, 4.69) is 31.1 Å². The van der Waals surface area contributed by atoms with Crippen molar-refractivity contribution in [2.75, 3.05) is 32.1 Å². The van der Waals surface area contributed by atoms with Gasteiger partial charge in [0.25, 0.3) is 5.91 Å². The van der Waals surface area contributed by atoms with E-state index in [0.29, 0.717) is 23.9 Å². The van der Waals surface area contributed by atoms with Gasteiger partial charge in [0.1, 0.15) is 16.5 Å². The number of ether oxygens (including phenoxy) is 1. The quantitative estimate of drug-likeness (QED) is 0.595. The molecule has 2 bridgehead atoms. The van der Waals surface area contributed by atoms with E-state index in [1.54, 1.807) is 24.6 Å². The molecular formula is C25H33FN4O3S. The average molecular weight is 489 g/mol. The highest BCUT2D eigenvalue weighted by atomic mass is 32.1. The molecule has 1 aliphatic heterocycles. The Morgan fingerprint density at radius 2 is 2.06 bits per heavy atom. The Kier molecular flexibility index (Phi) is 6.96. The van der Waals surface area contributed by atoms with E-state index in [1.807, 2.05) is 4.90 Å². The fourth-order valence-electron chi connectivity index (χ4n) is 5.70. The van der Waals surface area contributed by atoms with Crippen LogP contribution in [0.15, 0.2) is 29.6 Å². The van der Waals surface area contributed by atoms with Crippen molar-refractivity contribution >= 4 is 29.0 Å². The number of nitrogens with zero attached hydrogens (tertiary/aromatic N) is 3. The number of aromatic nitrogens is 1. The number of fused-ring (bicyclic) bond motifs is 2. The largest absolute Gasteiger partial charge is 0.383 e. The number of hydrogen-bond donors (Lipinski definition) is 1. The summed E-state index contributed by atoms with van der Waals surface area (Å²) in [6, 6.07) is 5.83. The molecule has 9 heteroatoms. The molecule has 0 spiro atoms. The van der Waals surface area contributed by atoms with Crippen molar-refractivity contribution in [1.82, 2.24) is 14.8 Å². The highest BCUT2D eigenvalue weighted by Crippen LogP contribution is 2.52. The number of para-hydroxylation sites is 1. The maximum atomic E-state index is 14.0. The summed E-state index contributed by atoms with van der Waals surface area (Å²) in [5.74, 6) is -0.537. The Bertz CT molecular complexity index is 1060. The number of carbonyl (C=O) groups excluding carboxylic acids is 2. The molecule has 7 nitrogen and oxygen atoms in total. The van der Waals surface area contributed by atoms with Crippen molar-refractivity contribution in [3.8, 4) is 0 Å². The van der Waals surface area contributed by atoms with Gasteiger partial charge in [-0.1, -0.05) is 32.9 Å². The lowest BCUT2D eigenvalue weighted by Gasteiger charge is -2.39. The molecule has 1 aromatic heterocycles. The van der Waals surface area contributed by atoms with Crippen LogP contribution in [-0.2, 0) is 11.3 Å². The third-order valence-electron chi connectivity index (χ3n) is 6.74. The third-order valence-corrected chi connectivity index (χ3v) is 7.57. The Hall–Kier alpha value is -2.52. The van der Waals surface area contributed by atoms with Crippen molar-refractivity contribution in [2.24, 2.45) is 10.8 Å². The monoisotopic (exact) mass is 488 g/mol. The molecule has 1 saturated carbocycles. The lowest BCUT2D eigenvalue weighted by atomic mass is 9.65. The summed E-state index contributed by atoms with van der Waals surface area (Å²) in [6.45, 7) is 8.45. The van der Waals surface area contributed by atoms with Crippen LogP contribution < -0.4 is 5.32 Å². The molecule has 34 heavy (non-hydrogen) atoms. The van der Waals surface area contributed by atoms with Crippen molar-refractivity contribution in [3.63, 3.8) is 0 Å². The number of halogens is 1. The van der Waals surface area contributed by atoms with Crippen LogP contribution >= 0.6 is 11.3 Å². The molecule has 1 saturated heterocycles. The van der Waals surface area contributed by atoms with Crippen LogP contribution in [0.4, 0.5) is 14.9 Å². The van der Waals surface area contributed by atoms with Crippen LogP contribution in [0.5, 0.6) is 0 Å². The normalized spacial score (nSPS) is 23.1. The second-order valence-corrected chi connectivity index (χ2v) is 11.5. The first-order chi connectivity index (χ1) is 16.1. The predicted octanol–water partition coefficient (Wildman–Crippen LogP) is 5.00. The number of likely N-dealkylation sites (tertiary alicyclic amines) is 1. The van der Waals surface area contributed by atoms with Gasteiger partial charge in [-0.3, -0.25) is 4.79 Å². The smallest absolute Gasteiger partial charge is 0.322 e. The average Bonchev–Trinajstić information content (AvgIpc) is 3.33. The molecule has 4 rings (SSSR count). The fourth-order valence-corrected chi connectivity index (χ4v) is 6.48. The van der Waals surface area contributed by atoms with E-state index >= 15 is 0 Å². The van der Waals surface area contributed by atoms with E-state index in [4.69, 9.17) is 4.74 Å². The lowest BCUT2D eigenvalue weighted by molar-refractivity contribution is 0.0703. The zero-order valence-corrected chi connectivity index (χ0v) is 21.1. The van der Waals surface area contributed by atoms with Crippen LogP contribution in [-0.4, -0.2) is 59.6 Å². The summed E-state index contributed by atoms with van der Waals surface area (Å²) in [5.41, 5.74) is 0.924. The van der Waals surface area contributed by atoms with Gasteiger partial charge < -0.3 is 19.9 Å². The second kappa shape index (κ2) is 9.62. The number of anilines is 1. The summed E-state index contributed by atoms with van der Waals surface area (Å²) in [7, 11) is 1.56. The van der Waals surface area contributed by atoms with Gasteiger partial charge in [-0.2, -0.15) is 0 Å². The number of methoxy groups -OCH3 is 1. The Morgan fingerprint density at radius 1 is 1.29 bits per heavy atom. The van der Waals surface area contributed by atoms with Gasteiger partial charge in [0.05, 0.1) is 18.8 Å². The maximum Gasteiger partial charge on any atom is 0.322 e. The highest BCUT2D eigenvalue weighted by molar-refractivity contribution is 7.09. The van der Waals surface area contributed by atoms with E-state index < -0.39 is 11.8 Å². The Morgan fingerprint density at radius 3 is 2.79 bits per heavy atom. The van der Waals surface area contributed by atoms with Gasteiger partial charge >= 0.3 is 6.03 Å². The van der Waals surface area contributed by atoms with Crippen LogP contribution in [0.1, 0.15) is 55.5 Å². The van der Waals surface area contributed by atoms with E-state index in [1.165, 1.54) is 28.4 Å². The van der Waals surface area contributed by atoms with Gasteiger partial charge in [0.2, 0.25) is 0 Å². The summed E-state index contributed by atoms with van der Waals surface area (Å²) in [6.07, 6.45) is 3.17. The first-order valence-corrected chi connectivity index (χ1v) is 12.5. The number of hydrogen-bond acceptors (Lipinski definition) is 5. The molecule has 2 aromatic rings. The molecule has 2 unspecified atom stereocenters. The van der Waals surface area contributed by atoms with E-state index in [-0.39, 0.29) is 35.0 Å². The predicted molar refractivity (Wildman–Crippen MR) is 130 cm³/mol. The Balaban J connectivity index is 1.45. The molecule has 184 valence electrons. The number of urea groups is 1.